The summed E-state index contributed by atoms with van der Waals surface area (Å²) in [5.41, 5.74) is 13.3. The molecule has 0 N–H and O–H groups in total. The molecule has 0 radical (unpaired) electrons. The molecule has 0 amide bonds. The van der Waals surface area contributed by atoms with Crippen molar-refractivity contribution in [2.24, 2.45) is 0 Å². The molecule has 6 heteroatoms. The number of hydrogen-bond donors (Lipinski definition) is 0. The third-order valence-electron chi connectivity index (χ3n) is 10.8. The van der Waals surface area contributed by atoms with Gasteiger partial charge in [0.15, 0.2) is 17.3 Å². The Morgan fingerprint density at radius 2 is 0.844 bits per heavy atom. The maximum Gasteiger partial charge on any atom is 0.495 e. The van der Waals surface area contributed by atoms with E-state index in [9.17, 15) is 14.4 Å². The van der Waals surface area contributed by atoms with Gasteiger partial charge in [-0.25, -0.2) is 0 Å². The summed E-state index contributed by atoms with van der Waals surface area (Å²) in [7, 11) is -0.331. The summed E-state index contributed by atoms with van der Waals surface area (Å²) in [4.78, 5) is 35.6. The van der Waals surface area contributed by atoms with Gasteiger partial charge in [0, 0.05) is 16.7 Å². The van der Waals surface area contributed by atoms with E-state index in [0.29, 0.717) is 0 Å². The van der Waals surface area contributed by atoms with Crippen molar-refractivity contribution >= 4 is 29.9 Å². The maximum atomic E-state index is 11.9. The molecular weight excluding hydrogens is 559 g/mol. The molecule has 1 fully saturated rings. The van der Waals surface area contributed by atoms with Gasteiger partial charge in [-0.2, -0.15) is 0 Å². The number of ketones is 3. The average molecular weight is 605 g/mol. The molecule has 7 rings (SSSR count). The van der Waals surface area contributed by atoms with Crippen LogP contribution in [0.4, 0.5) is 0 Å². The molecule has 3 aliphatic carbocycles. The van der Waals surface area contributed by atoms with Gasteiger partial charge in [0.2, 0.25) is 0 Å². The van der Waals surface area contributed by atoms with Crippen molar-refractivity contribution in [1.29, 1.82) is 0 Å². The van der Waals surface area contributed by atoms with Crippen LogP contribution in [0.3, 0.4) is 0 Å². The third kappa shape index (κ3) is 5.55. The molecule has 1 heterocycles. The van der Waals surface area contributed by atoms with Gasteiger partial charge < -0.3 is 9.31 Å². The highest BCUT2D eigenvalue weighted by Gasteiger charge is 2.52. The zero-order valence-electron chi connectivity index (χ0n) is 27.9. The number of carbonyl (C=O) groups is 3. The first-order chi connectivity index (χ1) is 21.3. The minimum absolute atomic E-state index is 0.147. The molecule has 4 aliphatic rings. The zero-order valence-corrected chi connectivity index (χ0v) is 27.9. The molecule has 234 valence electrons. The van der Waals surface area contributed by atoms with E-state index in [1.807, 2.05) is 24.3 Å². The van der Waals surface area contributed by atoms with Crippen molar-refractivity contribution in [3.63, 3.8) is 0 Å². The summed E-state index contributed by atoms with van der Waals surface area (Å²) in [6, 6.07) is 12.2. The molecule has 0 saturated carbocycles. The quantitative estimate of drug-likeness (QED) is 0.224. The van der Waals surface area contributed by atoms with E-state index in [2.05, 4.69) is 39.8 Å². The Morgan fingerprint density at radius 1 is 0.511 bits per heavy atom. The van der Waals surface area contributed by atoms with Crippen molar-refractivity contribution in [3.8, 4) is 11.1 Å². The average Bonchev–Trinajstić information content (AvgIpc) is 3.77. The maximum absolute atomic E-state index is 11.9. The topological polar surface area (TPSA) is 69.7 Å². The molecule has 1 aliphatic heterocycles. The standard InChI is InChI=1S/C22H22O2.C17H23BO3/c1-13(23)15-9-11-21(19-7-3-5-17(15)19)22-12-10-16(14(2)24)18-6-4-8-20(18)22;1-11(19)12-9-10-15(14-8-6-7-13(12)14)18-20-16(2,3)17(4,5)21-18/h9-12H,3-8H2,1-2H3;9-10H,6-8H2,1-5H3. The molecule has 5 nitrogen and oxygen atoms in total. The Hall–Kier alpha value is -3.35. The van der Waals surface area contributed by atoms with Gasteiger partial charge in [0.1, 0.15) is 0 Å². The first-order valence-corrected chi connectivity index (χ1v) is 16.6. The second-order valence-electron chi connectivity index (χ2n) is 14.2. The highest BCUT2D eigenvalue weighted by Crippen LogP contribution is 2.41. The van der Waals surface area contributed by atoms with Gasteiger partial charge in [-0.3, -0.25) is 14.4 Å². The molecule has 0 atom stereocenters. The lowest BCUT2D eigenvalue weighted by Gasteiger charge is -2.32. The van der Waals surface area contributed by atoms with E-state index in [1.165, 1.54) is 44.5 Å². The molecule has 3 aromatic carbocycles. The summed E-state index contributed by atoms with van der Waals surface area (Å²) in [6.07, 6.45) is 9.46. The van der Waals surface area contributed by atoms with Crippen LogP contribution in [-0.4, -0.2) is 35.7 Å². The SMILES string of the molecule is CC(=O)c1ccc(-c2ccc(C(C)=O)c3c2CCC3)c2c1CCC2.CC(=O)c1ccc(B2OC(C)(C)C(C)(C)O2)c2c1CCC2. The van der Waals surface area contributed by atoms with Crippen LogP contribution < -0.4 is 5.46 Å². The minimum atomic E-state index is -0.331. The molecule has 45 heavy (non-hydrogen) atoms. The molecule has 0 aromatic heterocycles. The fourth-order valence-electron chi connectivity index (χ4n) is 7.83. The second-order valence-corrected chi connectivity index (χ2v) is 14.2. The lowest BCUT2D eigenvalue weighted by molar-refractivity contribution is 0.00578. The molecule has 0 spiro atoms. The van der Waals surface area contributed by atoms with Gasteiger partial charge in [-0.15, -0.1) is 0 Å². The number of benzene rings is 3. The second kappa shape index (κ2) is 11.8. The van der Waals surface area contributed by atoms with Crippen molar-refractivity contribution in [3.05, 3.63) is 86.5 Å². The fourth-order valence-corrected chi connectivity index (χ4v) is 7.83. The van der Waals surface area contributed by atoms with Crippen LogP contribution >= 0.6 is 0 Å². The monoisotopic (exact) mass is 604 g/mol. The van der Waals surface area contributed by atoms with E-state index in [-0.39, 0.29) is 35.7 Å². The van der Waals surface area contributed by atoms with Crippen LogP contribution in [0.25, 0.3) is 11.1 Å². The highest BCUT2D eigenvalue weighted by molar-refractivity contribution is 6.62. The van der Waals surface area contributed by atoms with Crippen molar-refractivity contribution in [2.75, 3.05) is 0 Å². The normalized spacial score (nSPS) is 18.6. The number of Topliss-reactive ketones (excluding diaryl/α,β-unsaturated/α-hetero) is 3. The number of rotatable bonds is 5. The van der Waals surface area contributed by atoms with Gasteiger partial charge in [0.25, 0.3) is 0 Å². The van der Waals surface area contributed by atoms with Crippen LogP contribution in [0.1, 0.15) is 132 Å². The highest BCUT2D eigenvalue weighted by atomic mass is 16.7. The smallest absolute Gasteiger partial charge is 0.399 e. The minimum Gasteiger partial charge on any atom is -0.399 e. The van der Waals surface area contributed by atoms with Crippen LogP contribution in [-0.2, 0) is 47.8 Å². The summed E-state index contributed by atoms with van der Waals surface area (Å²) >= 11 is 0. The van der Waals surface area contributed by atoms with Crippen LogP contribution in [0.5, 0.6) is 0 Å². The van der Waals surface area contributed by atoms with Crippen molar-refractivity contribution < 1.29 is 23.7 Å². The number of hydrogen-bond acceptors (Lipinski definition) is 5. The Labute approximate surface area is 268 Å². The van der Waals surface area contributed by atoms with Crippen LogP contribution in [0.2, 0.25) is 0 Å². The lowest BCUT2D eigenvalue weighted by atomic mass is 9.74. The summed E-state index contributed by atoms with van der Waals surface area (Å²) in [6.45, 7) is 13.2. The predicted molar refractivity (Wildman–Crippen MR) is 180 cm³/mol. The number of carbonyl (C=O) groups excluding carboxylic acids is 3. The Kier molecular flexibility index (Phi) is 8.28. The molecule has 0 bridgehead atoms. The van der Waals surface area contributed by atoms with E-state index in [4.69, 9.17) is 9.31 Å². The first kappa shape index (κ1) is 31.6. The van der Waals surface area contributed by atoms with E-state index >= 15 is 0 Å². The molecule has 1 saturated heterocycles. The summed E-state index contributed by atoms with van der Waals surface area (Å²) in [5.74, 6) is 0.474. The lowest BCUT2D eigenvalue weighted by Crippen LogP contribution is -2.41. The van der Waals surface area contributed by atoms with Gasteiger partial charge in [0.05, 0.1) is 11.2 Å². The van der Waals surface area contributed by atoms with Gasteiger partial charge >= 0.3 is 7.12 Å². The van der Waals surface area contributed by atoms with E-state index < -0.39 is 0 Å². The summed E-state index contributed by atoms with van der Waals surface area (Å²) < 4.78 is 12.3. The van der Waals surface area contributed by atoms with Crippen LogP contribution in [0.15, 0.2) is 36.4 Å². The van der Waals surface area contributed by atoms with Crippen molar-refractivity contribution in [1.82, 2.24) is 0 Å². The third-order valence-corrected chi connectivity index (χ3v) is 10.8. The Balaban J connectivity index is 0.000000160. The zero-order chi connectivity index (χ0) is 32.3. The van der Waals surface area contributed by atoms with E-state index in [0.717, 1.165) is 79.9 Å². The molecule has 0 unspecified atom stereocenters. The molecule has 3 aromatic rings. The van der Waals surface area contributed by atoms with Crippen LogP contribution in [0, 0.1) is 0 Å². The largest absolute Gasteiger partial charge is 0.495 e. The van der Waals surface area contributed by atoms with E-state index in [1.54, 1.807) is 20.8 Å². The number of fused-ring (bicyclic) bond motifs is 3. The predicted octanol–water partition coefficient (Wildman–Crippen LogP) is 7.41. The van der Waals surface area contributed by atoms with Crippen molar-refractivity contribution in [2.45, 2.75) is 117 Å². The fraction of sp³-hybridized carbons (Fsp3) is 0.462. The first-order valence-electron chi connectivity index (χ1n) is 16.6. The molecular formula is C39H45BO5. The van der Waals surface area contributed by atoms with Gasteiger partial charge in [-0.05, 0) is 156 Å². The Morgan fingerprint density at radius 3 is 1.24 bits per heavy atom. The summed E-state index contributed by atoms with van der Waals surface area (Å²) in [5, 5.41) is 0. The van der Waals surface area contributed by atoms with Gasteiger partial charge in [-0.1, -0.05) is 36.4 Å². The Bertz CT molecular complexity index is 1640.